The lowest BCUT2D eigenvalue weighted by Crippen LogP contribution is -2.05. The van der Waals surface area contributed by atoms with Gasteiger partial charge in [-0.3, -0.25) is 0 Å². The summed E-state index contributed by atoms with van der Waals surface area (Å²) in [4.78, 5) is 11.3. The molecule has 0 amide bonds. The number of allylic oxidation sites excluding steroid dienone is 3. The zero-order valence-corrected chi connectivity index (χ0v) is 11.2. The molecule has 0 bridgehead atoms. The number of carbonyl (C=O) groups is 1. The Labute approximate surface area is 99.4 Å². The second kappa shape index (κ2) is 8.14. The van der Waals surface area contributed by atoms with Crippen molar-refractivity contribution < 1.29 is 9.53 Å². The van der Waals surface area contributed by atoms with E-state index < -0.39 is 0 Å². The number of hydrogen-bond acceptors (Lipinski definition) is 2. The third-order valence-corrected chi connectivity index (χ3v) is 2.51. The molecule has 0 rings (SSSR count). The van der Waals surface area contributed by atoms with Crippen LogP contribution in [0.1, 0.15) is 47.5 Å². The first-order chi connectivity index (χ1) is 7.51. The molecule has 0 spiro atoms. The van der Waals surface area contributed by atoms with Crippen LogP contribution in [0.15, 0.2) is 23.3 Å². The largest absolute Gasteiger partial charge is 0.463 e. The van der Waals surface area contributed by atoms with Crippen molar-refractivity contribution in [2.75, 3.05) is 6.61 Å². The predicted octanol–water partition coefficient (Wildman–Crippen LogP) is 3.88. The van der Waals surface area contributed by atoms with Crippen LogP contribution < -0.4 is 0 Å². The molecule has 16 heavy (non-hydrogen) atoms. The molecule has 0 aromatic carbocycles. The zero-order valence-electron chi connectivity index (χ0n) is 11.2. The minimum atomic E-state index is -0.219. The molecule has 0 saturated carbocycles. The average molecular weight is 224 g/mol. The Morgan fingerprint density at radius 2 is 1.94 bits per heavy atom. The summed E-state index contributed by atoms with van der Waals surface area (Å²) in [6.07, 6.45) is 5.74. The monoisotopic (exact) mass is 224 g/mol. The van der Waals surface area contributed by atoms with Crippen molar-refractivity contribution in [1.29, 1.82) is 0 Å². The molecule has 0 aromatic heterocycles. The molecular formula is C14H24O2. The quantitative estimate of drug-likeness (QED) is 0.389. The Hall–Kier alpha value is -1.05. The van der Waals surface area contributed by atoms with Crippen LogP contribution in [0.4, 0.5) is 0 Å². The molecule has 0 heterocycles. The summed E-state index contributed by atoms with van der Waals surface area (Å²) in [6, 6.07) is 0. The number of rotatable bonds is 6. The maximum Gasteiger partial charge on any atom is 0.330 e. The van der Waals surface area contributed by atoms with E-state index in [1.807, 2.05) is 6.92 Å². The van der Waals surface area contributed by atoms with Gasteiger partial charge in [0.15, 0.2) is 0 Å². The summed E-state index contributed by atoms with van der Waals surface area (Å²) in [5.74, 6) is 0.188. The van der Waals surface area contributed by atoms with Gasteiger partial charge in [-0.05, 0) is 39.5 Å². The molecular weight excluding hydrogens is 200 g/mol. The summed E-state index contributed by atoms with van der Waals surface area (Å²) >= 11 is 0. The molecule has 92 valence electrons. The van der Waals surface area contributed by atoms with Crippen molar-refractivity contribution in [1.82, 2.24) is 0 Å². The van der Waals surface area contributed by atoms with Crippen LogP contribution in [0, 0.1) is 5.92 Å². The van der Waals surface area contributed by atoms with E-state index in [0.717, 1.165) is 18.4 Å². The molecule has 0 saturated heterocycles. The third-order valence-electron chi connectivity index (χ3n) is 2.51. The number of carbonyl (C=O) groups excluding carboxylic acids is 1. The SMILES string of the molecule is CCOC(=O)C=C(CC)C(C)CC=C(C)C. The molecule has 2 nitrogen and oxygen atoms in total. The van der Waals surface area contributed by atoms with Gasteiger partial charge >= 0.3 is 5.97 Å². The second-order valence-electron chi connectivity index (χ2n) is 4.24. The first-order valence-corrected chi connectivity index (χ1v) is 6.01. The topological polar surface area (TPSA) is 26.3 Å². The second-order valence-corrected chi connectivity index (χ2v) is 4.24. The van der Waals surface area contributed by atoms with Gasteiger partial charge in [-0.15, -0.1) is 0 Å². The fraction of sp³-hybridized carbons (Fsp3) is 0.643. The Morgan fingerprint density at radius 1 is 1.31 bits per heavy atom. The van der Waals surface area contributed by atoms with E-state index in [1.54, 1.807) is 6.08 Å². The van der Waals surface area contributed by atoms with Gasteiger partial charge in [0, 0.05) is 6.08 Å². The molecule has 0 fully saturated rings. The van der Waals surface area contributed by atoms with Crippen LogP contribution in [0.2, 0.25) is 0 Å². The predicted molar refractivity (Wildman–Crippen MR) is 68.2 cm³/mol. The van der Waals surface area contributed by atoms with Crippen molar-refractivity contribution >= 4 is 5.97 Å². The minimum absolute atomic E-state index is 0.219. The molecule has 0 radical (unpaired) electrons. The molecule has 0 N–H and O–H groups in total. The van der Waals surface area contributed by atoms with Gasteiger partial charge in [0.05, 0.1) is 6.61 Å². The first-order valence-electron chi connectivity index (χ1n) is 6.01. The van der Waals surface area contributed by atoms with Crippen molar-refractivity contribution in [3.05, 3.63) is 23.3 Å². The molecule has 1 unspecified atom stereocenters. The van der Waals surface area contributed by atoms with E-state index in [0.29, 0.717) is 12.5 Å². The van der Waals surface area contributed by atoms with Gasteiger partial charge in [0.25, 0.3) is 0 Å². The van der Waals surface area contributed by atoms with E-state index in [1.165, 1.54) is 5.57 Å². The molecule has 0 aromatic rings. The van der Waals surface area contributed by atoms with E-state index in [9.17, 15) is 4.79 Å². The van der Waals surface area contributed by atoms with Gasteiger partial charge in [0.2, 0.25) is 0 Å². The van der Waals surface area contributed by atoms with Crippen LogP contribution in [-0.2, 0) is 9.53 Å². The summed E-state index contributed by atoms with van der Waals surface area (Å²) in [5, 5.41) is 0. The molecule has 0 aliphatic rings. The highest BCUT2D eigenvalue weighted by molar-refractivity contribution is 5.82. The van der Waals surface area contributed by atoms with Crippen molar-refractivity contribution in [2.45, 2.75) is 47.5 Å². The van der Waals surface area contributed by atoms with Crippen LogP contribution in [0.25, 0.3) is 0 Å². The lowest BCUT2D eigenvalue weighted by atomic mass is 9.94. The fourth-order valence-electron chi connectivity index (χ4n) is 1.49. The Morgan fingerprint density at radius 3 is 2.38 bits per heavy atom. The summed E-state index contributed by atoms with van der Waals surface area (Å²) in [6.45, 7) is 10.7. The van der Waals surface area contributed by atoms with Gasteiger partial charge in [0.1, 0.15) is 0 Å². The molecule has 1 atom stereocenters. The van der Waals surface area contributed by atoms with E-state index in [4.69, 9.17) is 4.74 Å². The lowest BCUT2D eigenvalue weighted by Gasteiger charge is -2.12. The Balaban J connectivity index is 4.47. The van der Waals surface area contributed by atoms with Crippen LogP contribution in [0.5, 0.6) is 0 Å². The number of hydrogen-bond donors (Lipinski definition) is 0. The highest BCUT2D eigenvalue weighted by Gasteiger charge is 2.08. The van der Waals surface area contributed by atoms with E-state index in [2.05, 4.69) is 33.8 Å². The normalized spacial score (nSPS) is 13.2. The Kier molecular flexibility index (Phi) is 7.61. The minimum Gasteiger partial charge on any atom is -0.463 e. The van der Waals surface area contributed by atoms with Gasteiger partial charge in [-0.1, -0.05) is 31.1 Å². The van der Waals surface area contributed by atoms with Crippen molar-refractivity contribution in [2.24, 2.45) is 5.92 Å². The standard InChI is InChI=1S/C14H24O2/c1-6-13(10-14(15)16-7-2)12(5)9-8-11(3)4/h8,10,12H,6-7,9H2,1-5H3. The smallest absolute Gasteiger partial charge is 0.330 e. The maximum atomic E-state index is 11.3. The molecule has 0 aliphatic carbocycles. The van der Waals surface area contributed by atoms with Crippen LogP contribution in [0.3, 0.4) is 0 Å². The lowest BCUT2D eigenvalue weighted by molar-refractivity contribution is -0.137. The van der Waals surface area contributed by atoms with Crippen molar-refractivity contribution in [3.8, 4) is 0 Å². The number of esters is 1. The average Bonchev–Trinajstić information content (AvgIpc) is 2.22. The van der Waals surface area contributed by atoms with E-state index >= 15 is 0 Å². The summed E-state index contributed by atoms with van der Waals surface area (Å²) in [5.41, 5.74) is 2.48. The van der Waals surface area contributed by atoms with Gasteiger partial charge in [-0.25, -0.2) is 4.79 Å². The fourth-order valence-corrected chi connectivity index (χ4v) is 1.49. The van der Waals surface area contributed by atoms with Gasteiger partial charge in [-0.2, -0.15) is 0 Å². The zero-order chi connectivity index (χ0) is 12.6. The summed E-state index contributed by atoms with van der Waals surface area (Å²) < 4.78 is 4.92. The van der Waals surface area contributed by atoms with E-state index in [-0.39, 0.29) is 5.97 Å². The number of ether oxygens (including phenoxy) is 1. The van der Waals surface area contributed by atoms with Crippen LogP contribution in [-0.4, -0.2) is 12.6 Å². The molecule has 2 heteroatoms. The highest BCUT2D eigenvalue weighted by atomic mass is 16.5. The van der Waals surface area contributed by atoms with Crippen LogP contribution >= 0.6 is 0 Å². The highest BCUT2D eigenvalue weighted by Crippen LogP contribution is 2.19. The Bertz CT molecular complexity index is 270. The van der Waals surface area contributed by atoms with Gasteiger partial charge < -0.3 is 4.74 Å². The molecule has 0 aliphatic heterocycles. The third kappa shape index (κ3) is 6.44. The summed E-state index contributed by atoms with van der Waals surface area (Å²) in [7, 11) is 0. The van der Waals surface area contributed by atoms with Crippen molar-refractivity contribution in [3.63, 3.8) is 0 Å². The first kappa shape index (κ1) is 14.9. The maximum absolute atomic E-state index is 11.3.